The number of sulfonamides is 1. The highest BCUT2D eigenvalue weighted by Crippen LogP contribution is 2.26. The Hall–Kier alpha value is -1.86. The molecule has 5 nitrogen and oxygen atoms in total. The van der Waals surface area contributed by atoms with E-state index in [9.17, 15) is 8.42 Å². The molecule has 0 aliphatic carbocycles. The van der Waals surface area contributed by atoms with Crippen molar-refractivity contribution in [2.45, 2.75) is 4.21 Å². The molecule has 1 aromatic carbocycles. The average Bonchev–Trinajstić information content (AvgIpc) is 3.07. The number of benzene rings is 1. The number of hydrogen-bond donors (Lipinski definition) is 1. The number of H-pyrrole nitrogens is 1. The smallest absolute Gasteiger partial charge is 0.273 e. The number of aromatic nitrogens is 2. The van der Waals surface area contributed by atoms with Crippen LogP contribution in [0, 0.1) is 0 Å². The molecule has 3 aromatic rings. The Morgan fingerprint density at radius 2 is 2.16 bits per heavy atom. The summed E-state index contributed by atoms with van der Waals surface area (Å²) in [5.74, 6) is 0. The molecule has 0 fully saturated rings. The van der Waals surface area contributed by atoms with E-state index in [0.717, 1.165) is 11.0 Å². The molecule has 3 rings (SSSR count). The van der Waals surface area contributed by atoms with Crippen molar-refractivity contribution >= 4 is 38.1 Å². The fraction of sp³-hybridized carbons (Fsp3) is 0.0833. The van der Waals surface area contributed by atoms with Gasteiger partial charge in [-0.2, -0.15) is 0 Å². The van der Waals surface area contributed by atoms with Gasteiger partial charge in [0.2, 0.25) is 0 Å². The third-order valence-corrected chi connectivity index (χ3v) is 6.04. The van der Waals surface area contributed by atoms with Gasteiger partial charge in [-0.15, -0.1) is 11.3 Å². The molecule has 0 atom stereocenters. The number of nitrogens with one attached hydrogen (secondary N) is 1. The fourth-order valence-corrected chi connectivity index (χ4v) is 4.15. The molecule has 0 amide bonds. The van der Waals surface area contributed by atoms with Crippen LogP contribution in [0.2, 0.25) is 0 Å². The quantitative estimate of drug-likeness (QED) is 0.806. The van der Waals surface area contributed by atoms with Gasteiger partial charge in [0.15, 0.2) is 0 Å². The molecule has 0 unspecified atom stereocenters. The summed E-state index contributed by atoms with van der Waals surface area (Å²) in [5.41, 5.74) is 2.22. The lowest BCUT2D eigenvalue weighted by molar-refractivity contribution is 0.596. The minimum absolute atomic E-state index is 0.333. The number of nitrogens with zero attached hydrogens (tertiary/aromatic N) is 2. The van der Waals surface area contributed by atoms with Gasteiger partial charge in [-0.05, 0) is 29.6 Å². The summed E-state index contributed by atoms with van der Waals surface area (Å²) in [6, 6.07) is 8.64. The number of fused-ring (bicyclic) bond motifs is 1. The van der Waals surface area contributed by atoms with Crippen LogP contribution in [-0.4, -0.2) is 25.4 Å². The number of thiophene rings is 1. The molecule has 0 aliphatic heterocycles. The van der Waals surface area contributed by atoms with Gasteiger partial charge in [0.1, 0.15) is 4.21 Å². The van der Waals surface area contributed by atoms with Crippen LogP contribution in [0.3, 0.4) is 0 Å². The number of anilines is 1. The fourth-order valence-electron chi connectivity index (χ4n) is 1.80. The van der Waals surface area contributed by atoms with Gasteiger partial charge in [0.25, 0.3) is 10.0 Å². The molecule has 0 bridgehead atoms. The summed E-state index contributed by atoms with van der Waals surface area (Å²) in [4.78, 5) is 7.08. The van der Waals surface area contributed by atoms with Crippen LogP contribution in [0.15, 0.2) is 46.2 Å². The molecule has 1 N–H and O–H groups in total. The van der Waals surface area contributed by atoms with Gasteiger partial charge >= 0.3 is 0 Å². The Labute approximate surface area is 114 Å². The Balaban J connectivity index is 2.06. The molecule has 2 aromatic heterocycles. The third kappa shape index (κ3) is 2.00. The first-order valence-corrected chi connectivity index (χ1v) is 7.86. The van der Waals surface area contributed by atoms with Crippen LogP contribution in [0.4, 0.5) is 5.69 Å². The van der Waals surface area contributed by atoms with Crippen LogP contribution in [0.1, 0.15) is 0 Å². The third-order valence-electron chi connectivity index (χ3n) is 2.88. The Bertz CT molecular complexity index is 806. The zero-order chi connectivity index (χ0) is 13.5. The highest BCUT2D eigenvalue weighted by molar-refractivity contribution is 7.94. The molecule has 0 aliphatic rings. The second-order valence-electron chi connectivity index (χ2n) is 4.01. The van der Waals surface area contributed by atoms with E-state index in [1.165, 1.54) is 15.6 Å². The largest absolute Gasteiger partial charge is 0.345 e. The van der Waals surface area contributed by atoms with E-state index in [0.29, 0.717) is 9.90 Å². The molecule has 0 saturated heterocycles. The summed E-state index contributed by atoms with van der Waals surface area (Å²) in [5, 5.41) is 1.75. The van der Waals surface area contributed by atoms with E-state index < -0.39 is 10.0 Å². The van der Waals surface area contributed by atoms with Crippen LogP contribution in [0.5, 0.6) is 0 Å². The minimum Gasteiger partial charge on any atom is -0.345 e. The normalized spacial score (nSPS) is 11.8. The van der Waals surface area contributed by atoms with E-state index in [2.05, 4.69) is 9.97 Å². The lowest BCUT2D eigenvalue weighted by Crippen LogP contribution is -2.25. The molecular weight excluding hydrogens is 282 g/mol. The van der Waals surface area contributed by atoms with Gasteiger partial charge < -0.3 is 4.98 Å². The van der Waals surface area contributed by atoms with Crippen molar-refractivity contribution in [2.24, 2.45) is 0 Å². The Morgan fingerprint density at radius 3 is 2.89 bits per heavy atom. The predicted octanol–water partition coefficient (Wildman–Crippen LogP) is 2.45. The standard InChI is InChI=1S/C12H11N3O2S2/c1-15(19(16,17)12-3-2-6-18-12)9-4-5-10-11(7-9)14-8-13-10/h2-8H,1H3,(H,13,14). The summed E-state index contributed by atoms with van der Waals surface area (Å²) in [6.07, 6.45) is 1.59. The predicted molar refractivity (Wildman–Crippen MR) is 76.0 cm³/mol. The van der Waals surface area contributed by atoms with Crippen LogP contribution in [-0.2, 0) is 10.0 Å². The zero-order valence-corrected chi connectivity index (χ0v) is 11.7. The van der Waals surface area contributed by atoms with Crippen molar-refractivity contribution in [3.63, 3.8) is 0 Å². The molecule has 0 saturated carbocycles. The molecule has 2 heterocycles. The highest BCUT2D eigenvalue weighted by atomic mass is 32.2. The van der Waals surface area contributed by atoms with E-state index in [4.69, 9.17) is 0 Å². The molecule has 7 heteroatoms. The van der Waals surface area contributed by atoms with Gasteiger partial charge in [-0.25, -0.2) is 13.4 Å². The minimum atomic E-state index is -3.48. The Kier molecular flexibility index (Phi) is 2.79. The monoisotopic (exact) mass is 293 g/mol. The summed E-state index contributed by atoms with van der Waals surface area (Å²) >= 11 is 1.21. The van der Waals surface area contributed by atoms with Crippen molar-refractivity contribution in [2.75, 3.05) is 11.4 Å². The Morgan fingerprint density at radius 1 is 1.32 bits per heavy atom. The highest BCUT2D eigenvalue weighted by Gasteiger charge is 2.22. The summed E-state index contributed by atoms with van der Waals surface area (Å²) < 4.78 is 26.4. The lowest BCUT2D eigenvalue weighted by Gasteiger charge is -2.18. The van der Waals surface area contributed by atoms with E-state index >= 15 is 0 Å². The van der Waals surface area contributed by atoms with Crippen molar-refractivity contribution in [3.05, 3.63) is 42.0 Å². The van der Waals surface area contributed by atoms with E-state index in [1.54, 1.807) is 49.1 Å². The maximum atomic E-state index is 12.4. The summed E-state index contributed by atoms with van der Waals surface area (Å²) in [7, 11) is -1.93. The van der Waals surface area contributed by atoms with Crippen molar-refractivity contribution in [1.82, 2.24) is 9.97 Å². The van der Waals surface area contributed by atoms with Gasteiger partial charge in [-0.1, -0.05) is 6.07 Å². The molecular formula is C12H11N3O2S2. The van der Waals surface area contributed by atoms with Crippen molar-refractivity contribution in [3.8, 4) is 0 Å². The van der Waals surface area contributed by atoms with E-state index in [-0.39, 0.29) is 0 Å². The number of imidazole rings is 1. The maximum absolute atomic E-state index is 12.4. The van der Waals surface area contributed by atoms with Crippen molar-refractivity contribution in [1.29, 1.82) is 0 Å². The number of hydrogen-bond acceptors (Lipinski definition) is 4. The maximum Gasteiger partial charge on any atom is 0.273 e. The van der Waals surface area contributed by atoms with Crippen LogP contribution in [0.25, 0.3) is 11.0 Å². The topological polar surface area (TPSA) is 66.1 Å². The molecule has 19 heavy (non-hydrogen) atoms. The number of rotatable bonds is 3. The number of aromatic amines is 1. The van der Waals surface area contributed by atoms with Crippen LogP contribution < -0.4 is 4.31 Å². The molecule has 98 valence electrons. The SMILES string of the molecule is CN(c1ccc2nc[nH]c2c1)S(=O)(=O)c1cccs1. The first-order valence-electron chi connectivity index (χ1n) is 5.54. The molecule has 0 spiro atoms. The average molecular weight is 293 g/mol. The van der Waals surface area contributed by atoms with Gasteiger partial charge in [0.05, 0.1) is 23.0 Å². The first kappa shape index (κ1) is 12.2. The second kappa shape index (κ2) is 4.36. The molecule has 0 radical (unpaired) electrons. The zero-order valence-electron chi connectivity index (χ0n) is 10.1. The van der Waals surface area contributed by atoms with E-state index in [1.807, 2.05) is 0 Å². The second-order valence-corrected chi connectivity index (χ2v) is 7.15. The van der Waals surface area contributed by atoms with Crippen LogP contribution >= 0.6 is 11.3 Å². The summed E-state index contributed by atoms with van der Waals surface area (Å²) in [6.45, 7) is 0. The lowest BCUT2D eigenvalue weighted by atomic mass is 10.3. The van der Waals surface area contributed by atoms with Gasteiger partial charge in [-0.3, -0.25) is 4.31 Å². The first-order chi connectivity index (χ1) is 9.09. The van der Waals surface area contributed by atoms with Gasteiger partial charge in [0, 0.05) is 7.05 Å². The van der Waals surface area contributed by atoms with Crippen molar-refractivity contribution < 1.29 is 8.42 Å².